The number of nitro groups is 1. The molecule has 7 heteroatoms. The van der Waals surface area contributed by atoms with Crippen molar-refractivity contribution in [3.63, 3.8) is 0 Å². The van der Waals surface area contributed by atoms with Crippen molar-refractivity contribution in [1.29, 1.82) is 0 Å². The van der Waals surface area contributed by atoms with Gasteiger partial charge in [-0.15, -0.1) is 0 Å². The zero-order valence-corrected chi connectivity index (χ0v) is 18.6. The summed E-state index contributed by atoms with van der Waals surface area (Å²) >= 11 is 9.23. The molecule has 0 bridgehead atoms. The standard InChI is InChI=1S/C21H27BrClNO4/c1-16(25)18(14-17-11-12-19(23)20(15-17)24(27)28)21(26)10-8-6-4-2-3-5-7-9-13-22/h11-12,14-15H,2-10,13H2,1H3. The summed E-state index contributed by atoms with van der Waals surface area (Å²) in [4.78, 5) is 34.7. The molecule has 1 rings (SSSR count). The maximum Gasteiger partial charge on any atom is 0.288 e. The van der Waals surface area contributed by atoms with Crippen molar-refractivity contribution in [2.45, 2.75) is 64.7 Å². The predicted octanol–water partition coefficient (Wildman–Crippen LogP) is 6.70. The number of ketones is 2. The highest BCUT2D eigenvalue weighted by atomic mass is 79.9. The molecule has 0 spiro atoms. The van der Waals surface area contributed by atoms with Crippen LogP contribution in [0.5, 0.6) is 0 Å². The molecule has 0 saturated heterocycles. The number of Topliss-reactive ketones (excluding diaryl/α,β-unsaturated/α-hetero) is 2. The Morgan fingerprint density at radius 3 is 2.18 bits per heavy atom. The molecule has 0 aliphatic heterocycles. The number of hydrogen-bond donors (Lipinski definition) is 0. The number of alkyl halides is 1. The maximum absolute atomic E-state index is 12.4. The van der Waals surface area contributed by atoms with E-state index >= 15 is 0 Å². The van der Waals surface area contributed by atoms with Gasteiger partial charge in [-0.25, -0.2) is 0 Å². The summed E-state index contributed by atoms with van der Waals surface area (Å²) < 4.78 is 0. The quantitative estimate of drug-likeness (QED) is 0.0574. The van der Waals surface area contributed by atoms with Crippen LogP contribution in [-0.4, -0.2) is 21.8 Å². The molecule has 154 valence electrons. The van der Waals surface area contributed by atoms with Crippen LogP contribution in [0, 0.1) is 10.1 Å². The Hall–Kier alpha value is -1.53. The lowest BCUT2D eigenvalue weighted by atomic mass is 9.98. The van der Waals surface area contributed by atoms with Crippen LogP contribution in [0.15, 0.2) is 23.8 Å². The minimum atomic E-state index is -0.588. The molecule has 5 nitrogen and oxygen atoms in total. The minimum absolute atomic E-state index is 0.0186. The van der Waals surface area contributed by atoms with Gasteiger partial charge in [-0.2, -0.15) is 0 Å². The lowest BCUT2D eigenvalue weighted by Crippen LogP contribution is -2.10. The summed E-state index contributed by atoms with van der Waals surface area (Å²) in [5.41, 5.74) is 0.242. The van der Waals surface area contributed by atoms with Crippen LogP contribution >= 0.6 is 27.5 Å². The van der Waals surface area contributed by atoms with Gasteiger partial charge in [0.25, 0.3) is 5.69 Å². The van der Waals surface area contributed by atoms with Crippen molar-refractivity contribution >= 4 is 50.9 Å². The van der Waals surface area contributed by atoms with Gasteiger partial charge in [0.2, 0.25) is 0 Å². The van der Waals surface area contributed by atoms with E-state index in [0.29, 0.717) is 12.0 Å². The third-order valence-electron chi connectivity index (χ3n) is 4.45. The van der Waals surface area contributed by atoms with Gasteiger partial charge in [0.15, 0.2) is 11.6 Å². The first-order chi connectivity index (χ1) is 13.4. The van der Waals surface area contributed by atoms with Crippen LogP contribution in [0.3, 0.4) is 0 Å². The van der Waals surface area contributed by atoms with E-state index in [1.54, 1.807) is 6.07 Å². The number of nitro benzene ring substituents is 1. The molecular formula is C21H27BrClNO4. The normalized spacial score (nSPS) is 11.5. The van der Waals surface area contributed by atoms with E-state index in [4.69, 9.17) is 11.6 Å². The number of nitrogens with zero attached hydrogens (tertiary/aromatic N) is 1. The number of carbonyl (C=O) groups excluding carboxylic acids is 2. The Morgan fingerprint density at radius 2 is 1.64 bits per heavy atom. The highest BCUT2D eigenvalue weighted by molar-refractivity contribution is 9.09. The Balaban J connectivity index is 2.56. The first-order valence-electron chi connectivity index (χ1n) is 9.62. The molecule has 0 heterocycles. The molecular weight excluding hydrogens is 446 g/mol. The average molecular weight is 473 g/mol. The maximum atomic E-state index is 12.4. The first-order valence-corrected chi connectivity index (χ1v) is 11.1. The molecule has 1 aromatic carbocycles. The van der Waals surface area contributed by atoms with Gasteiger partial charge in [-0.1, -0.05) is 72.1 Å². The van der Waals surface area contributed by atoms with Gasteiger partial charge < -0.3 is 0 Å². The van der Waals surface area contributed by atoms with E-state index < -0.39 is 4.92 Å². The van der Waals surface area contributed by atoms with Crippen LogP contribution in [0.4, 0.5) is 5.69 Å². The monoisotopic (exact) mass is 471 g/mol. The zero-order valence-electron chi connectivity index (χ0n) is 16.2. The minimum Gasteiger partial charge on any atom is -0.294 e. The van der Waals surface area contributed by atoms with Gasteiger partial charge in [0, 0.05) is 17.8 Å². The van der Waals surface area contributed by atoms with Crippen molar-refractivity contribution in [2.75, 3.05) is 5.33 Å². The van der Waals surface area contributed by atoms with Crippen molar-refractivity contribution < 1.29 is 14.5 Å². The van der Waals surface area contributed by atoms with E-state index in [1.165, 1.54) is 57.2 Å². The van der Waals surface area contributed by atoms with Gasteiger partial charge in [-0.3, -0.25) is 19.7 Å². The second-order valence-electron chi connectivity index (χ2n) is 6.77. The molecule has 0 atom stereocenters. The summed E-state index contributed by atoms with van der Waals surface area (Å²) in [5.74, 6) is -0.559. The Morgan fingerprint density at radius 1 is 1.07 bits per heavy atom. The fourth-order valence-corrected chi connectivity index (χ4v) is 3.46. The van der Waals surface area contributed by atoms with Gasteiger partial charge in [0.1, 0.15) is 5.02 Å². The average Bonchev–Trinajstić information content (AvgIpc) is 2.65. The number of halogens is 2. The topological polar surface area (TPSA) is 77.3 Å². The van der Waals surface area contributed by atoms with Crippen molar-refractivity contribution in [3.05, 3.63) is 44.5 Å². The second kappa shape index (κ2) is 13.6. The summed E-state index contributed by atoms with van der Waals surface area (Å²) in [6, 6.07) is 4.22. The van der Waals surface area contributed by atoms with Gasteiger partial charge >= 0.3 is 0 Å². The van der Waals surface area contributed by atoms with Crippen LogP contribution in [0.25, 0.3) is 6.08 Å². The Kier molecular flexibility index (Phi) is 11.9. The van der Waals surface area contributed by atoms with Crippen LogP contribution < -0.4 is 0 Å². The largest absolute Gasteiger partial charge is 0.294 e. The number of carbonyl (C=O) groups is 2. The van der Waals surface area contributed by atoms with Crippen molar-refractivity contribution in [1.82, 2.24) is 0 Å². The van der Waals surface area contributed by atoms with Crippen LogP contribution in [0.1, 0.15) is 70.3 Å². The molecule has 0 amide bonds. The molecule has 0 aliphatic rings. The Labute approximate surface area is 179 Å². The van der Waals surface area contributed by atoms with Crippen LogP contribution in [-0.2, 0) is 9.59 Å². The van der Waals surface area contributed by atoms with Gasteiger partial charge in [0.05, 0.1) is 10.5 Å². The number of benzene rings is 1. The highest BCUT2D eigenvalue weighted by Gasteiger charge is 2.16. The van der Waals surface area contributed by atoms with E-state index in [9.17, 15) is 19.7 Å². The molecule has 0 unspecified atom stereocenters. The summed E-state index contributed by atoms with van der Waals surface area (Å²) in [5, 5.41) is 12.1. The van der Waals surface area contributed by atoms with Crippen LogP contribution in [0.2, 0.25) is 5.02 Å². The third kappa shape index (κ3) is 9.11. The van der Waals surface area contributed by atoms with E-state index in [1.807, 2.05) is 0 Å². The molecule has 28 heavy (non-hydrogen) atoms. The van der Waals surface area contributed by atoms with E-state index in [2.05, 4.69) is 15.9 Å². The third-order valence-corrected chi connectivity index (χ3v) is 5.33. The van der Waals surface area contributed by atoms with Crippen molar-refractivity contribution in [2.24, 2.45) is 0 Å². The molecule has 0 aliphatic carbocycles. The SMILES string of the molecule is CC(=O)C(=Cc1ccc(Cl)c([N+](=O)[O-])c1)C(=O)CCCCCCCCCCBr. The summed E-state index contributed by atoms with van der Waals surface area (Å²) in [7, 11) is 0. The number of unbranched alkanes of at least 4 members (excludes halogenated alkanes) is 7. The van der Waals surface area contributed by atoms with Crippen molar-refractivity contribution in [3.8, 4) is 0 Å². The molecule has 0 N–H and O–H groups in total. The number of rotatable bonds is 14. The number of allylic oxidation sites excluding steroid dienone is 1. The number of hydrogen-bond acceptors (Lipinski definition) is 4. The second-order valence-corrected chi connectivity index (χ2v) is 7.97. The lowest BCUT2D eigenvalue weighted by Gasteiger charge is -2.05. The van der Waals surface area contributed by atoms with Gasteiger partial charge in [-0.05, 0) is 37.5 Å². The highest BCUT2D eigenvalue weighted by Crippen LogP contribution is 2.26. The molecule has 0 radical (unpaired) electrons. The summed E-state index contributed by atoms with van der Waals surface area (Å²) in [6.07, 6.45) is 10.6. The Bertz CT molecular complexity index is 718. The zero-order chi connectivity index (χ0) is 20.9. The van der Waals surface area contributed by atoms with E-state index in [-0.39, 0.29) is 27.8 Å². The molecule has 0 fully saturated rings. The lowest BCUT2D eigenvalue weighted by molar-refractivity contribution is -0.384. The first kappa shape index (κ1) is 24.5. The summed E-state index contributed by atoms with van der Waals surface area (Å²) in [6.45, 7) is 1.33. The molecule has 1 aromatic rings. The molecule has 0 saturated carbocycles. The van der Waals surface area contributed by atoms with E-state index in [0.717, 1.165) is 24.6 Å². The smallest absolute Gasteiger partial charge is 0.288 e. The molecule has 0 aromatic heterocycles. The fraction of sp³-hybridized carbons (Fsp3) is 0.524. The predicted molar refractivity (Wildman–Crippen MR) is 117 cm³/mol. The fourth-order valence-electron chi connectivity index (χ4n) is 2.88.